The minimum absolute atomic E-state index is 0.143. The Morgan fingerprint density at radius 3 is 2.89 bits per heavy atom. The predicted molar refractivity (Wildman–Crippen MR) is 108 cm³/mol. The molecular formula is C16H20ClN5O3S2. The molecule has 4 N–H and O–H groups in total. The van der Waals surface area contributed by atoms with E-state index in [4.69, 9.17) is 17.3 Å². The van der Waals surface area contributed by atoms with Crippen LogP contribution in [0.1, 0.15) is 23.9 Å². The van der Waals surface area contributed by atoms with E-state index in [1.54, 1.807) is 18.2 Å². The van der Waals surface area contributed by atoms with Crippen LogP contribution in [0.2, 0.25) is 5.02 Å². The summed E-state index contributed by atoms with van der Waals surface area (Å²) in [5.74, 6) is 0.0913. The van der Waals surface area contributed by atoms with Crippen molar-refractivity contribution in [2.75, 3.05) is 17.0 Å². The third kappa shape index (κ3) is 6.90. The van der Waals surface area contributed by atoms with E-state index in [0.717, 1.165) is 22.7 Å². The highest BCUT2D eigenvalue weighted by Crippen LogP contribution is 2.21. The molecule has 2 aromatic rings. The molecule has 1 aromatic carbocycles. The average molecular weight is 430 g/mol. The van der Waals surface area contributed by atoms with Gasteiger partial charge in [0.15, 0.2) is 0 Å². The largest absolute Gasteiger partial charge is 0.356 e. The van der Waals surface area contributed by atoms with Crippen molar-refractivity contribution in [2.24, 2.45) is 5.73 Å². The number of hydrogen-bond donors (Lipinski definition) is 3. The molecule has 0 radical (unpaired) electrons. The highest BCUT2D eigenvalue weighted by atomic mass is 35.5. The quantitative estimate of drug-likeness (QED) is 0.557. The van der Waals surface area contributed by atoms with E-state index >= 15 is 0 Å². The zero-order valence-corrected chi connectivity index (χ0v) is 17.0. The Labute approximate surface area is 167 Å². The van der Waals surface area contributed by atoms with Crippen LogP contribution in [-0.4, -0.2) is 36.0 Å². The zero-order valence-electron chi connectivity index (χ0n) is 14.6. The molecule has 27 heavy (non-hydrogen) atoms. The van der Waals surface area contributed by atoms with Crippen molar-refractivity contribution in [2.45, 2.75) is 19.9 Å². The number of hydrogen-bond acceptors (Lipinski definition) is 7. The first-order chi connectivity index (χ1) is 12.8. The Kier molecular flexibility index (Phi) is 7.72. The summed E-state index contributed by atoms with van der Waals surface area (Å²) in [6.45, 7) is 2.07. The number of nitrogens with one attached hydrogen (secondary N) is 2. The van der Waals surface area contributed by atoms with Crippen LogP contribution in [0.4, 0.5) is 5.13 Å². The normalized spacial score (nSPS) is 11.7. The van der Waals surface area contributed by atoms with Crippen LogP contribution in [0.3, 0.4) is 0 Å². The molecule has 8 nitrogen and oxygen atoms in total. The number of sulfonamides is 1. The van der Waals surface area contributed by atoms with Crippen LogP contribution in [0.25, 0.3) is 6.08 Å². The lowest BCUT2D eigenvalue weighted by molar-refractivity contribution is -0.118. The number of amides is 1. The van der Waals surface area contributed by atoms with E-state index in [2.05, 4.69) is 19.4 Å². The number of anilines is 1. The summed E-state index contributed by atoms with van der Waals surface area (Å²) in [6, 6.07) is 5.33. The van der Waals surface area contributed by atoms with Gasteiger partial charge in [0.2, 0.25) is 21.1 Å². The maximum absolute atomic E-state index is 12.2. The van der Waals surface area contributed by atoms with E-state index in [9.17, 15) is 13.2 Å². The molecule has 11 heteroatoms. The van der Waals surface area contributed by atoms with Gasteiger partial charge in [0.25, 0.3) is 0 Å². The summed E-state index contributed by atoms with van der Waals surface area (Å²) in [4.78, 5) is 14.9. The molecule has 0 spiro atoms. The topological polar surface area (TPSA) is 127 Å². The first-order valence-electron chi connectivity index (χ1n) is 8.02. The predicted octanol–water partition coefficient (Wildman–Crippen LogP) is 1.78. The molecule has 0 aliphatic rings. The van der Waals surface area contributed by atoms with Crippen molar-refractivity contribution in [3.05, 3.63) is 46.2 Å². The number of halogens is 1. The third-order valence-corrected chi connectivity index (χ3v) is 5.69. The number of nitrogens with zero attached hydrogens (tertiary/aromatic N) is 2. The Morgan fingerprint density at radius 2 is 2.19 bits per heavy atom. The number of benzene rings is 1. The molecule has 0 saturated heterocycles. The lowest BCUT2D eigenvalue weighted by atomic mass is 10.1. The van der Waals surface area contributed by atoms with Crippen LogP contribution >= 0.6 is 23.1 Å². The fraction of sp³-hybridized carbons (Fsp3) is 0.312. The summed E-state index contributed by atoms with van der Waals surface area (Å²) in [6.07, 6.45) is 3.62. The van der Waals surface area contributed by atoms with Crippen LogP contribution in [0.15, 0.2) is 24.3 Å². The van der Waals surface area contributed by atoms with Gasteiger partial charge in [0, 0.05) is 43.0 Å². The summed E-state index contributed by atoms with van der Waals surface area (Å²) < 4.78 is 30.8. The van der Waals surface area contributed by atoms with E-state index in [0.29, 0.717) is 23.8 Å². The minimum atomic E-state index is -3.62. The maximum atomic E-state index is 12.2. The Morgan fingerprint density at radius 1 is 1.41 bits per heavy atom. The van der Waals surface area contributed by atoms with Crippen molar-refractivity contribution in [1.82, 2.24) is 14.7 Å². The van der Waals surface area contributed by atoms with Gasteiger partial charge >= 0.3 is 0 Å². The van der Waals surface area contributed by atoms with Gasteiger partial charge in [-0.05, 0) is 17.2 Å². The van der Waals surface area contributed by atoms with Crippen molar-refractivity contribution >= 4 is 50.3 Å². The van der Waals surface area contributed by atoms with Gasteiger partial charge < -0.3 is 11.1 Å². The van der Waals surface area contributed by atoms with Gasteiger partial charge in [-0.15, -0.1) is 0 Å². The fourth-order valence-corrected chi connectivity index (χ4v) is 4.17. The number of nitrogens with two attached hydrogens (primary N) is 1. The third-order valence-electron chi connectivity index (χ3n) is 3.41. The molecule has 1 amide bonds. The Bertz CT molecular complexity index is 928. The molecule has 146 valence electrons. The maximum Gasteiger partial charge on any atom is 0.238 e. The average Bonchev–Trinajstić information content (AvgIpc) is 3.01. The van der Waals surface area contributed by atoms with Gasteiger partial charge in [-0.25, -0.2) is 13.4 Å². The van der Waals surface area contributed by atoms with E-state index in [-0.39, 0.29) is 23.3 Å². The van der Waals surface area contributed by atoms with E-state index < -0.39 is 10.0 Å². The van der Waals surface area contributed by atoms with Gasteiger partial charge in [0.05, 0.1) is 5.75 Å². The molecule has 0 atom stereocenters. The fourth-order valence-electron chi connectivity index (χ4n) is 2.17. The molecule has 0 aliphatic carbocycles. The molecule has 2 rings (SSSR count). The summed E-state index contributed by atoms with van der Waals surface area (Å²) in [5, 5.41) is 3.36. The summed E-state index contributed by atoms with van der Waals surface area (Å²) >= 11 is 7.03. The highest BCUT2D eigenvalue weighted by molar-refractivity contribution is 7.93. The number of carbonyl (C=O) groups is 1. The Balaban J connectivity index is 1.95. The molecular weight excluding hydrogens is 410 g/mol. The smallest absolute Gasteiger partial charge is 0.238 e. The minimum Gasteiger partial charge on any atom is -0.356 e. The lowest BCUT2D eigenvalue weighted by Crippen LogP contribution is -2.22. The molecule has 0 saturated carbocycles. The van der Waals surface area contributed by atoms with Gasteiger partial charge in [-0.1, -0.05) is 35.9 Å². The van der Waals surface area contributed by atoms with Crippen LogP contribution in [0, 0.1) is 0 Å². The molecule has 0 unspecified atom stereocenters. The van der Waals surface area contributed by atoms with E-state index in [1.807, 2.05) is 6.07 Å². The molecule has 1 aromatic heterocycles. The standard InChI is InChI=1S/C16H20ClN5O3S2/c1-11(23)19-8-7-15-20-16(26-21-15)22-27(24,25)9-3-5-12-4-2-6-14(17)13(12)10-18/h2-6H,7-10,18H2,1H3,(H,19,23)(H,20,21,22). The second-order valence-electron chi connectivity index (χ2n) is 5.55. The van der Waals surface area contributed by atoms with Crippen molar-refractivity contribution in [1.29, 1.82) is 0 Å². The number of aromatic nitrogens is 2. The lowest BCUT2D eigenvalue weighted by Gasteiger charge is -2.05. The second kappa shape index (κ2) is 9.79. The van der Waals surface area contributed by atoms with Crippen molar-refractivity contribution < 1.29 is 13.2 Å². The van der Waals surface area contributed by atoms with E-state index in [1.165, 1.54) is 13.0 Å². The van der Waals surface area contributed by atoms with Crippen LogP contribution in [-0.2, 0) is 27.8 Å². The van der Waals surface area contributed by atoms with Crippen LogP contribution in [0.5, 0.6) is 0 Å². The first kappa shape index (κ1) is 21.3. The van der Waals surface area contributed by atoms with Crippen molar-refractivity contribution in [3.8, 4) is 0 Å². The van der Waals surface area contributed by atoms with Crippen molar-refractivity contribution in [3.63, 3.8) is 0 Å². The molecule has 0 bridgehead atoms. The van der Waals surface area contributed by atoms with Gasteiger partial charge in [0.1, 0.15) is 5.82 Å². The van der Waals surface area contributed by atoms with Gasteiger partial charge in [-0.3, -0.25) is 9.52 Å². The first-order valence-corrected chi connectivity index (χ1v) is 10.8. The number of carbonyl (C=O) groups excluding carboxylic acids is 1. The zero-order chi connectivity index (χ0) is 19.9. The Hall–Kier alpha value is -2.01. The SMILES string of the molecule is CC(=O)NCCc1nsc(NS(=O)(=O)CC=Cc2cccc(Cl)c2CN)n1. The highest BCUT2D eigenvalue weighted by Gasteiger charge is 2.12. The van der Waals surface area contributed by atoms with Gasteiger partial charge in [-0.2, -0.15) is 4.37 Å². The summed E-state index contributed by atoms with van der Waals surface area (Å²) in [7, 11) is -3.62. The monoisotopic (exact) mass is 429 g/mol. The number of rotatable bonds is 9. The van der Waals surface area contributed by atoms with Crippen LogP contribution < -0.4 is 15.8 Å². The summed E-state index contributed by atoms with van der Waals surface area (Å²) in [5.41, 5.74) is 7.21. The molecule has 0 aliphatic heterocycles. The second-order valence-corrected chi connectivity index (χ2v) is 8.47. The molecule has 1 heterocycles. The molecule has 0 fully saturated rings.